The molecule has 0 amide bonds. The highest BCUT2D eigenvalue weighted by atomic mass is 31.2. The first kappa shape index (κ1) is 52.7. The van der Waals surface area contributed by atoms with Crippen LogP contribution in [0.25, 0.3) is 0 Å². The van der Waals surface area contributed by atoms with Crippen molar-refractivity contribution < 1.29 is 37.6 Å². The van der Waals surface area contributed by atoms with Gasteiger partial charge in [-0.2, -0.15) is 0 Å². The fourth-order valence-electron chi connectivity index (χ4n) is 5.68. The molecule has 0 bridgehead atoms. The van der Waals surface area contributed by atoms with Crippen molar-refractivity contribution in [2.75, 3.05) is 26.4 Å². The second-order valence-corrected chi connectivity index (χ2v) is 15.7. The molecule has 0 aromatic carbocycles. The minimum absolute atomic E-state index is 0.0409. The van der Waals surface area contributed by atoms with Gasteiger partial charge in [0.05, 0.1) is 13.2 Å². The first-order chi connectivity index (χ1) is 26.8. The van der Waals surface area contributed by atoms with E-state index in [4.69, 9.17) is 24.3 Å². The first-order valence-corrected chi connectivity index (χ1v) is 23.3. The van der Waals surface area contributed by atoms with E-state index in [1.165, 1.54) is 103 Å². The van der Waals surface area contributed by atoms with Gasteiger partial charge in [-0.25, -0.2) is 4.57 Å². The Morgan fingerprint density at radius 3 is 1.47 bits per heavy atom. The van der Waals surface area contributed by atoms with Gasteiger partial charge in [-0.1, -0.05) is 177 Å². The number of esters is 2. The van der Waals surface area contributed by atoms with Crippen molar-refractivity contribution in [2.24, 2.45) is 5.73 Å². The molecule has 3 N–H and O–H groups in total. The van der Waals surface area contributed by atoms with Crippen molar-refractivity contribution in [1.29, 1.82) is 0 Å². The zero-order valence-corrected chi connectivity index (χ0v) is 35.8. The second-order valence-electron chi connectivity index (χ2n) is 14.2. The van der Waals surface area contributed by atoms with Crippen LogP contribution in [-0.2, 0) is 32.7 Å². The van der Waals surface area contributed by atoms with Crippen molar-refractivity contribution in [3.8, 4) is 0 Å². The molecule has 0 saturated carbocycles. The van der Waals surface area contributed by atoms with Crippen LogP contribution in [0.15, 0.2) is 60.8 Å². The van der Waals surface area contributed by atoms with Crippen LogP contribution in [0.5, 0.6) is 0 Å². The third-order valence-electron chi connectivity index (χ3n) is 8.92. The summed E-state index contributed by atoms with van der Waals surface area (Å²) in [5.41, 5.74) is 5.34. The third-order valence-corrected chi connectivity index (χ3v) is 9.90. The molecule has 0 aromatic heterocycles. The van der Waals surface area contributed by atoms with E-state index in [2.05, 4.69) is 62.5 Å². The highest BCUT2D eigenvalue weighted by molar-refractivity contribution is 7.47. The number of rotatable bonds is 40. The molecule has 2 unspecified atom stereocenters. The van der Waals surface area contributed by atoms with Crippen molar-refractivity contribution in [3.63, 3.8) is 0 Å². The number of hydrogen-bond donors (Lipinski definition) is 2. The minimum Gasteiger partial charge on any atom is -0.462 e. The molecule has 0 rings (SSSR count). The molecule has 55 heavy (non-hydrogen) atoms. The van der Waals surface area contributed by atoms with Crippen molar-refractivity contribution in [1.82, 2.24) is 0 Å². The van der Waals surface area contributed by atoms with Gasteiger partial charge in [0.25, 0.3) is 0 Å². The molecule has 0 fully saturated rings. The Morgan fingerprint density at radius 2 is 0.982 bits per heavy atom. The highest BCUT2D eigenvalue weighted by Gasteiger charge is 2.25. The van der Waals surface area contributed by atoms with Crippen LogP contribution in [0.2, 0.25) is 0 Å². The summed E-state index contributed by atoms with van der Waals surface area (Å²) in [5.74, 6) is -0.924. The zero-order valence-electron chi connectivity index (χ0n) is 34.9. The highest BCUT2D eigenvalue weighted by Crippen LogP contribution is 2.43. The molecule has 0 aliphatic rings. The molecule has 0 aromatic rings. The maximum absolute atomic E-state index is 12.5. The van der Waals surface area contributed by atoms with Gasteiger partial charge in [0.15, 0.2) is 6.10 Å². The van der Waals surface area contributed by atoms with Gasteiger partial charge in [-0.15, -0.1) is 0 Å². The Bertz CT molecular complexity index is 1090. The molecule has 0 spiro atoms. The van der Waals surface area contributed by atoms with Crippen LogP contribution in [0, 0.1) is 0 Å². The number of allylic oxidation sites excluding steroid dienone is 10. The normalized spacial score (nSPS) is 13.9. The summed E-state index contributed by atoms with van der Waals surface area (Å²) < 4.78 is 32.7. The van der Waals surface area contributed by atoms with Crippen molar-refractivity contribution in [2.45, 2.75) is 187 Å². The Kier molecular flexibility index (Phi) is 39.6. The third kappa shape index (κ3) is 41.2. The average Bonchev–Trinajstić information content (AvgIpc) is 3.17. The van der Waals surface area contributed by atoms with E-state index >= 15 is 0 Å². The summed E-state index contributed by atoms with van der Waals surface area (Å²) in [7, 11) is -4.40. The molecule has 10 heteroatoms. The standard InChI is InChI=1S/C45H80NO8P/c1-3-5-7-9-11-13-15-17-19-20-21-22-24-26-28-30-32-34-36-38-45(48)54-43(42-53-55(49,50)52-40-39-46)41-51-44(47)37-35-33-31-29-27-25-23-18-16-14-12-10-8-6-4-2/h11,13,17,19,21-22,26,28,32,34,43H,3-10,12,14-16,18,20,23-25,27,29-31,33,35-42,46H2,1-2H3,(H,49,50). The molecule has 9 nitrogen and oxygen atoms in total. The summed E-state index contributed by atoms with van der Waals surface area (Å²) in [6, 6.07) is 0. The lowest BCUT2D eigenvalue weighted by molar-refractivity contribution is -0.161. The van der Waals surface area contributed by atoms with Gasteiger partial charge in [-0.05, 0) is 51.4 Å². The monoisotopic (exact) mass is 794 g/mol. The van der Waals surface area contributed by atoms with E-state index in [1.807, 2.05) is 12.2 Å². The summed E-state index contributed by atoms with van der Waals surface area (Å²) in [6.45, 7) is 3.62. The molecular weight excluding hydrogens is 713 g/mol. The van der Waals surface area contributed by atoms with Gasteiger partial charge in [-0.3, -0.25) is 18.6 Å². The Labute approximate surface area is 336 Å². The van der Waals surface area contributed by atoms with Crippen LogP contribution in [-0.4, -0.2) is 49.3 Å². The Morgan fingerprint density at radius 1 is 0.545 bits per heavy atom. The van der Waals surface area contributed by atoms with E-state index in [0.29, 0.717) is 6.42 Å². The number of phosphoric acid groups is 1. The molecule has 2 atom stereocenters. The fraction of sp³-hybridized carbons (Fsp3) is 0.733. The number of unbranched alkanes of at least 4 members (excludes halogenated alkanes) is 17. The van der Waals surface area contributed by atoms with E-state index in [9.17, 15) is 19.0 Å². The maximum atomic E-state index is 12.5. The minimum atomic E-state index is -4.40. The topological polar surface area (TPSA) is 134 Å². The Balaban J connectivity index is 4.29. The van der Waals surface area contributed by atoms with Gasteiger partial charge in [0.1, 0.15) is 6.61 Å². The van der Waals surface area contributed by atoms with Gasteiger partial charge in [0, 0.05) is 19.4 Å². The summed E-state index contributed by atoms with van der Waals surface area (Å²) in [5, 5.41) is 0. The number of hydrogen-bond acceptors (Lipinski definition) is 8. The van der Waals surface area contributed by atoms with Crippen molar-refractivity contribution >= 4 is 19.8 Å². The van der Waals surface area contributed by atoms with Crippen LogP contribution in [0.3, 0.4) is 0 Å². The van der Waals surface area contributed by atoms with Crippen LogP contribution >= 0.6 is 7.82 Å². The van der Waals surface area contributed by atoms with E-state index in [1.54, 1.807) is 0 Å². The van der Waals surface area contributed by atoms with E-state index in [0.717, 1.165) is 44.9 Å². The van der Waals surface area contributed by atoms with Gasteiger partial charge >= 0.3 is 19.8 Å². The van der Waals surface area contributed by atoms with E-state index in [-0.39, 0.29) is 32.6 Å². The smallest absolute Gasteiger partial charge is 0.462 e. The number of ether oxygens (including phenoxy) is 2. The number of nitrogens with two attached hydrogens (primary N) is 1. The molecule has 0 heterocycles. The Hall–Kier alpha value is -2.29. The number of carbonyl (C=O) groups is 2. The lowest BCUT2D eigenvalue weighted by atomic mass is 10.0. The van der Waals surface area contributed by atoms with Crippen LogP contribution in [0.4, 0.5) is 0 Å². The van der Waals surface area contributed by atoms with Crippen LogP contribution in [0.1, 0.15) is 181 Å². The lowest BCUT2D eigenvalue weighted by Gasteiger charge is -2.19. The fourth-order valence-corrected chi connectivity index (χ4v) is 6.44. The zero-order chi connectivity index (χ0) is 40.3. The molecule has 0 aliphatic carbocycles. The predicted octanol–water partition coefficient (Wildman–Crippen LogP) is 12.5. The van der Waals surface area contributed by atoms with E-state index < -0.39 is 32.5 Å². The first-order valence-electron chi connectivity index (χ1n) is 21.8. The quantitative estimate of drug-likeness (QED) is 0.0269. The molecule has 0 radical (unpaired) electrons. The SMILES string of the molecule is CCCCCC=CCC=CCC=CCC=CCC=CCCC(=O)OC(COC(=O)CCCCCCCCCCCCCCCCC)COP(=O)(O)OCCN. The summed E-state index contributed by atoms with van der Waals surface area (Å²) >= 11 is 0. The van der Waals surface area contributed by atoms with Gasteiger partial charge < -0.3 is 20.1 Å². The molecular formula is C45H80NO8P. The largest absolute Gasteiger partial charge is 0.472 e. The molecule has 0 saturated heterocycles. The molecule has 318 valence electrons. The van der Waals surface area contributed by atoms with Crippen molar-refractivity contribution in [3.05, 3.63) is 60.8 Å². The summed E-state index contributed by atoms with van der Waals surface area (Å²) in [4.78, 5) is 34.8. The summed E-state index contributed by atoms with van der Waals surface area (Å²) in [6.07, 6.45) is 48.3. The maximum Gasteiger partial charge on any atom is 0.472 e. The van der Waals surface area contributed by atoms with Gasteiger partial charge in [0.2, 0.25) is 0 Å². The lowest BCUT2D eigenvalue weighted by Crippen LogP contribution is -2.29. The number of phosphoric ester groups is 1. The second kappa shape index (κ2) is 41.3. The molecule has 0 aliphatic heterocycles. The van der Waals surface area contributed by atoms with Crippen LogP contribution < -0.4 is 5.73 Å². The average molecular weight is 794 g/mol. The number of carbonyl (C=O) groups excluding carboxylic acids is 2. The predicted molar refractivity (Wildman–Crippen MR) is 229 cm³/mol.